The fourth-order valence-electron chi connectivity index (χ4n) is 5.69. The monoisotopic (exact) mass is 835 g/mol. The minimum atomic E-state index is 0. The first-order valence-electron chi connectivity index (χ1n) is 14.9. The first kappa shape index (κ1) is 31.4. The van der Waals surface area contributed by atoms with Crippen molar-refractivity contribution in [2.75, 3.05) is 0 Å². The molecule has 0 saturated carbocycles. The van der Waals surface area contributed by atoms with E-state index in [1.165, 1.54) is 22.3 Å². The Morgan fingerprint density at radius 3 is 1.67 bits per heavy atom. The van der Waals surface area contributed by atoms with Crippen LogP contribution in [0.15, 0.2) is 144 Å². The predicted molar refractivity (Wildman–Crippen MR) is 188 cm³/mol. The molecule has 0 aliphatic heterocycles. The van der Waals surface area contributed by atoms with Crippen LogP contribution in [0.25, 0.3) is 67.4 Å². The summed E-state index contributed by atoms with van der Waals surface area (Å²) in [4.78, 5) is 14.7. The van der Waals surface area contributed by atoms with E-state index in [4.69, 9.17) is 15.0 Å². The fraction of sp³-hybridized carbons (Fsp3) is 0.0488. The second-order valence-corrected chi connectivity index (χ2v) is 12.0. The normalized spacial score (nSPS) is 10.8. The Labute approximate surface area is 292 Å². The number of aryl methyl sites for hydroxylation is 2. The molecule has 0 fully saturated rings. The first-order valence-corrected chi connectivity index (χ1v) is 15.7. The molecule has 0 spiro atoms. The molecular formula is C41H29BrIrN3-. The molecule has 5 heteroatoms. The van der Waals surface area contributed by atoms with Crippen LogP contribution >= 0.6 is 15.9 Å². The molecule has 0 unspecified atom stereocenters. The molecule has 7 rings (SSSR count). The van der Waals surface area contributed by atoms with Crippen molar-refractivity contribution in [3.05, 3.63) is 161 Å². The van der Waals surface area contributed by atoms with E-state index in [1.807, 2.05) is 60.8 Å². The molecule has 7 aromatic rings. The second kappa shape index (κ2) is 13.8. The molecule has 0 amide bonds. The van der Waals surface area contributed by atoms with Crippen molar-refractivity contribution in [3.8, 4) is 67.4 Å². The summed E-state index contributed by atoms with van der Waals surface area (Å²) in [5.74, 6) is 0.637. The van der Waals surface area contributed by atoms with E-state index in [-0.39, 0.29) is 20.1 Å². The van der Waals surface area contributed by atoms with Gasteiger partial charge in [-0.1, -0.05) is 158 Å². The SMILES string of the molecule is Cc1cc(C)cc(-c2ccccc2-c2c[c-]c(-c3ccc(-c4nc(-c5ccccc5)cc(-c5ccccc5)n4)cn3)cc2Br)c1.[Ir]. The quantitative estimate of drug-likeness (QED) is 0.157. The summed E-state index contributed by atoms with van der Waals surface area (Å²) >= 11 is 3.86. The van der Waals surface area contributed by atoms with Gasteiger partial charge in [0.2, 0.25) is 0 Å². The van der Waals surface area contributed by atoms with Crippen molar-refractivity contribution < 1.29 is 20.1 Å². The average molecular weight is 836 g/mol. The number of nitrogens with zero attached hydrogens (tertiary/aromatic N) is 3. The van der Waals surface area contributed by atoms with Crippen LogP contribution < -0.4 is 0 Å². The number of benzene rings is 5. The molecule has 1 radical (unpaired) electrons. The molecule has 5 aromatic carbocycles. The second-order valence-electron chi connectivity index (χ2n) is 11.2. The number of rotatable bonds is 6. The summed E-state index contributed by atoms with van der Waals surface area (Å²) in [7, 11) is 0. The molecule has 3 nitrogen and oxygen atoms in total. The van der Waals surface area contributed by atoms with Crippen LogP contribution in [-0.4, -0.2) is 15.0 Å². The van der Waals surface area contributed by atoms with Gasteiger partial charge in [0.25, 0.3) is 0 Å². The van der Waals surface area contributed by atoms with E-state index in [0.29, 0.717) is 5.82 Å². The van der Waals surface area contributed by atoms with Gasteiger partial charge in [-0.15, -0.1) is 23.8 Å². The van der Waals surface area contributed by atoms with E-state index in [0.717, 1.165) is 54.9 Å². The largest absolute Gasteiger partial charge is 0.304 e. The Morgan fingerprint density at radius 1 is 0.522 bits per heavy atom. The van der Waals surface area contributed by atoms with Crippen LogP contribution in [0, 0.1) is 19.9 Å². The van der Waals surface area contributed by atoms with E-state index >= 15 is 0 Å². The maximum absolute atomic E-state index is 4.94. The number of halogens is 1. The Kier molecular flexibility index (Phi) is 9.46. The van der Waals surface area contributed by atoms with E-state index < -0.39 is 0 Å². The standard InChI is InChI=1S/C41H29BrN3.Ir/c1-27-21-28(2)23-33(22-27)34-15-9-10-16-35(34)36-19-17-31(24-37(36)42)38-20-18-32(26-43-38)41-44-39(29-11-5-3-6-12-29)25-40(45-41)30-13-7-4-8-14-30;/h3-16,18-26H,1-2H3;/q-1;. The van der Waals surface area contributed by atoms with Gasteiger partial charge in [-0.2, -0.15) is 0 Å². The molecule has 0 atom stereocenters. The molecule has 2 heterocycles. The zero-order chi connectivity index (χ0) is 30.8. The van der Waals surface area contributed by atoms with Crippen LogP contribution in [0.2, 0.25) is 0 Å². The van der Waals surface area contributed by atoms with Crippen LogP contribution in [0.1, 0.15) is 11.1 Å². The fourth-order valence-corrected chi connectivity index (χ4v) is 6.25. The summed E-state index contributed by atoms with van der Waals surface area (Å²) in [5.41, 5.74) is 13.6. The molecule has 0 aliphatic carbocycles. The molecule has 225 valence electrons. The van der Waals surface area contributed by atoms with Crippen LogP contribution in [0.3, 0.4) is 0 Å². The summed E-state index contributed by atoms with van der Waals surface area (Å²) in [6.07, 6.45) is 1.85. The smallest absolute Gasteiger partial charge is 0.161 e. The Morgan fingerprint density at radius 2 is 1.11 bits per heavy atom. The third-order valence-electron chi connectivity index (χ3n) is 7.81. The van der Waals surface area contributed by atoms with Crippen molar-refractivity contribution in [2.24, 2.45) is 0 Å². The maximum Gasteiger partial charge on any atom is 0.161 e. The number of hydrogen-bond donors (Lipinski definition) is 0. The first-order chi connectivity index (χ1) is 22.0. The molecular weight excluding hydrogens is 807 g/mol. The maximum atomic E-state index is 4.94. The van der Waals surface area contributed by atoms with Gasteiger partial charge in [-0.25, -0.2) is 9.97 Å². The van der Waals surface area contributed by atoms with Gasteiger partial charge in [0.15, 0.2) is 5.82 Å². The van der Waals surface area contributed by atoms with Gasteiger partial charge in [0, 0.05) is 43.0 Å². The van der Waals surface area contributed by atoms with Crippen molar-refractivity contribution in [3.63, 3.8) is 0 Å². The van der Waals surface area contributed by atoms with E-state index in [9.17, 15) is 0 Å². The van der Waals surface area contributed by atoms with Gasteiger partial charge in [-0.05, 0) is 36.7 Å². The number of hydrogen-bond acceptors (Lipinski definition) is 3. The molecule has 0 saturated heterocycles. The molecule has 0 N–H and O–H groups in total. The van der Waals surface area contributed by atoms with Crippen molar-refractivity contribution in [2.45, 2.75) is 13.8 Å². The summed E-state index contributed by atoms with van der Waals surface area (Å²) in [6.45, 7) is 4.29. The predicted octanol–water partition coefficient (Wildman–Crippen LogP) is 11.1. The van der Waals surface area contributed by atoms with Gasteiger partial charge < -0.3 is 4.98 Å². The summed E-state index contributed by atoms with van der Waals surface area (Å²) in [5, 5.41) is 0. The van der Waals surface area contributed by atoms with E-state index in [2.05, 4.69) is 115 Å². The van der Waals surface area contributed by atoms with Crippen LogP contribution in [0.4, 0.5) is 0 Å². The molecule has 46 heavy (non-hydrogen) atoms. The number of pyridine rings is 1. The number of aromatic nitrogens is 3. The molecule has 2 aromatic heterocycles. The van der Waals surface area contributed by atoms with Crippen molar-refractivity contribution >= 4 is 15.9 Å². The van der Waals surface area contributed by atoms with Crippen LogP contribution in [-0.2, 0) is 20.1 Å². The minimum absolute atomic E-state index is 0. The Hall–Kier alpha value is -4.54. The van der Waals surface area contributed by atoms with Crippen molar-refractivity contribution in [1.82, 2.24) is 15.0 Å². The third-order valence-corrected chi connectivity index (χ3v) is 8.47. The Balaban J connectivity index is 0.00000372. The topological polar surface area (TPSA) is 38.7 Å². The van der Waals surface area contributed by atoms with Crippen LogP contribution in [0.5, 0.6) is 0 Å². The van der Waals surface area contributed by atoms with Gasteiger partial charge in [0.1, 0.15) is 0 Å². The Bertz CT molecular complexity index is 2050. The van der Waals surface area contributed by atoms with Gasteiger partial charge in [-0.3, -0.25) is 0 Å². The van der Waals surface area contributed by atoms with Gasteiger partial charge >= 0.3 is 0 Å². The zero-order valence-electron chi connectivity index (χ0n) is 25.3. The average Bonchev–Trinajstić information content (AvgIpc) is 3.08. The minimum Gasteiger partial charge on any atom is -0.304 e. The van der Waals surface area contributed by atoms with E-state index in [1.54, 1.807) is 0 Å². The van der Waals surface area contributed by atoms with Gasteiger partial charge in [0.05, 0.1) is 11.4 Å². The van der Waals surface area contributed by atoms with Crippen molar-refractivity contribution in [1.29, 1.82) is 0 Å². The molecule has 0 bridgehead atoms. The zero-order valence-corrected chi connectivity index (χ0v) is 29.3. The summed E-state index contributed by atoms with van der Waals surface area (Å²) in [6, 6.07) is 49.3. The molecule has 0 aliphatic rings. The summed E-state index contributed by atoms with van der Waals surface area (Å²) < 4.78 is 0.991. The third kappa shape index (κ3) is 6.68.